The molecule has 84 valence electrons. The predicted octanol–water partition coefficient (Wildman–Crippen LogP) is 1.01. The molecule has 1 heterocycles. The zero-order valence-electron chi connectivity index (χ0n) is 8.00. The van der Waals surface area contributed by atoms with Crippen molar-refractivity contribution in [3.8, 4) is 0 Å². The second kappa shape index (κ2) is 3.87. The lowest BCUT2D eigenvalue weighted by atomic mass is 10.6. The van der Waals surface area contributed by atoms with Crippen molar-refractivity contribution in [2.24, 2.45) is 7.05 Å². The first-order chi connectivity index (χ1) is 6.86. The zero-order chi connectivity index (χ0) is 11.6. The molecule has 0 saturated carbocycles. The van der Waals surface area contributed by atoms with Crippen LogP contribution in [0.1, 0.15) is 23.4 Å². The van der Waals surface area contributed by atoms with Crippen LogP contribution in [0, 0.1) is 0 Å². The summed E-state index contributed by atoms with van der Waals surface area (Å²) in [6.45, 7) is 1.59. The van der Waals surface area contributed by atoms with Crippen molar-refractivity contribution in [2.45, 2.75) is 13.1 Å². The first-order valence-corrected chi connectivity index (χ1v) is 4.01. The quantitative estimate of drug-likeness (QED) is 0.702. The maximum atomic E-state index is 12.2. The normalized spacial score (nSPS) is 11.5. The molecule has 1 rings (SSSR count). The van der Waals surface area contributed by atoms with Crippen molar-refractivity contribution >= 4 is 5.97 Å². The minimum atomic E-state index is -4.63. The van der Waals surface area contributed by atoms with Crippen LogP contribution in [0.2, 0.25) is 0 Å². The van der Waals surface area contributed by atoms with Crippen LogP contribution in [-0.4, -0.2) is 27.3 Å². The van der Waals surface area contributed by atoms with Gasteiger partial charge in [-0.15, -0.1) is 5.10 Å². The fraction of sp³-hybridized carbons (Fsp3) is 0.571. The second-order valence-corrected chi connectivity index (χ2v) is 2.60. The van der Waals surface area contributed by atoms with Crippen LogP contribution in [0.15, 0.2) is 0 Å². The summed E-state index contributed by atoms with van der Waals surface area (Å²) in [4.78, 5) is 14.1. The Morgan fingerprint density at radius 1 is 1.53 bits per heavy atom. The van der Waals surface area contributed by atoms with E-state index in [2.05, 4.69) is 14.8 Å². The Kier molecular flexibility index (Phi) is 2.96. The van der Waals surface area contributed by atoms with Crippen LogP contribution >= 0.6 is 0 Å². The van der Waals surface area contributed by atoms with Gasteiger partial charge in [0, 0.05) is 7.05 Å². The number of carbonyl (C=O) groups excluding carboxylic acids is 1. The number of rotatable bonds is 2. The molecule has 0 aliphatic heterocycles. The van der Waals surface area contributed by atoms with E-state index >= 15 is 0 Å². The van der Waals surface area contributed by atoms with Gasteiger partial charge in [0.05, 0.1) is 6.61 Å². The van der Waals surface area contributed by atoms with Crippen LogP contribution in [0.4, 0.5) is 13.2 Å². The van der Waals surface area contributed by atoms with Gasteiger partial charge in [0.25, 0.3) is 5.82 Å². The molecule has 0 aliphatic rings. The van der Waals surface area contributed by atoms with E-state index in [-0.39, 0.29) is 6.61 Å². The molecule has 0 radical (unpaired) electrons. The van der Waals surface area contributed by atoms with Crippen molar-refractivity contribution in [2.75, 3.05) is 6.61 Å². The van der Waals surface area contributed by atoms with E-state index in [0.29, 0.717) is 4.68 Å². The molecular weight excluding hydrogens is 215 g/mol. The number of esters is 1. The molecule has 15 heavy (non-hydrogen) atoms. The standard InChI is InChI=1S/C7H8F3N3O2/c1-3-15-5(14)4-11-6(7(8,9)10)13(2)12-4/h3H2,1-2H3. The number of halogens is 3. The molecule has 0 amide bonds. The molecular formula is C7H8F3N3O2. The largest absolute Gasteiger partial charge is 0.460 e. The third-order valence-corrected chi connectivity index (χ3v) is 1.47. The van der Waals surface area contributed by atoms with Crippen molar-refractivity contribution in [1.82, 2.24) is 14.8 Å². The lowest BCUT2D eigenvalue weighted by molar-refractivity contribution is -0.147. The van der Waals surface area contributed by atoms with Gasteiger partial charge in [-0.2, -0.15) is 18.2 Å². The molecule has 1 aromatic heterocycles. The van der Waals surface area contributed by atoms with Crippen LogP contribution in [-0.2, 0) is 18.0 Å². The number of nitrogens with zero attached hydrogens (tertiary/aromatic N) is 3. The fourth-order valence-electron chi connectivity index (χ4n) is 0.913. The molecule has 0 unspecified atom stereocenters. The first-order valence-electron chi connectivity index (χ1n) is 4.01. The highest BCUT2D eigenvalue weighted by Crippen LogP contribution is 2.26. The predicted molar refractivity (Wildman–Crippen MR) is 42.0 cm³/mol. The number of ether oxygens (including phenoxy) is 1. The summed E-state index contributed by atoms with van der Waals surface area (Å²) in [5.74, 6) is -2.79. The van der Waals surface area contributed by atoms with Gasteiger partial charge in [-0.05, 0) is 6.92 Å². The number of carbonyl (C=O) groups is 1. The highest BCUT2D eigenvalue weighted by Gasteiger charge is 2.38. The van der Waals surface area contributed by atoms with E-state index < -0.39 is 23.8 Å². The van der Waals surface area contributed by atoms with Crippen LogP contribution in [0.3, 0.4) is 0 Å². The molecule has 0 aromatic carbocycles. The summed E-state index contributed by atoms with van der Waals surface area (Å²) in [5, 5.41) is 3.31. The van der Waals surface area contributed by atoms with Gasteiger partial charge in [0.1, 0.15) is 0 Å². The van der Waals surface area contributed by atoms with Gasteiger partial charge in [-0.1, -0.05) is 0 Å². The van der Waals surface area contributed by atoms with Crippen molar-refractivity contribution in [3.05, 3.63) is 11.6 Å². The lowest BCUT2D eigenvalue weighted by Gasteiger charge is -2.02. The summed E-state index contributed by atoms with van der Waals surface area (Å²) in [6.07, 6.45) is -4.63. The van der Waals surface area contributed by atoms with Crippen LogP contribution in [0.25, 0.3) is 0 Å². The minimum absolute atomic E-state index is 0.0540. The third kappa shape index (κ3) is 2.45. The molecule has 0 atom stereocenters. The Bertz CT molecular complexity index is 372. The Labute approximate surface area is 82.9 Å². The van der Waals surface area contributed by atoms with Crippen molar-refractivity contribution < 1.29 is 22.7 Å². The molecule has 0 aliphatic carbocycles. The number of aromatic nitrogens is 3. The lowest BCUT2D eigenvalue weighted by Crippen LogP contribution is -2.13. The smallest absolute Gasteiger partial charge is 0.451 e. The number of hydrogen-bond donors (Lipinski definition) is 0. The van der Waals surface area contributed by atoms with Gasteiger partial charge in [-0.25, -0.2) is 9.48 Å². The molecule has 0 bridgehead atoms. The van der Waals surface area contributed by atoms with Gasteiger partial charge >= 0.3 is 12.1 Å². The summed E-state index contributed by atoms with van der Waals surface area (Å²) in [5.41, 5.74) is 0. The van der Waals surface area contributed by atoms with E-state index in [1.165, 1.54) is 6.92 Å². The summed E-state index contributed by atoms with van der Waals surface area (Å²) < 4.78 is 41.7. The maximum absolute atomic E-state index is 12.2. The Morgan fingerprint density at radius 3 is 2.53 bits per heavy atom. The van der Waals surface area contributed by atoms with Crippen LogP contribution < -0.4 is 0 Å². The average Bonchev–Trinajstić information content (AvgIpc) is 2.47. The van der Waals surface area contributed by atoms with E-state index in [1.54, 1.807) is 0 Å². The third-order valence-electron chi connectivity index (χ3n) is 1.47. The Balaban J connectivity index is 3.01. The van der Waals surface area contributed by atoms with Crippen molar-refractivity contribution in [1.29, 1.82) is 0 Å². The summed E-state index contributed by atoms with van der Waals surface area (Å²) >= 11 is 0. The number of alkyl halides is 3. The number of aryl methyl sites for hydroxylation is 1. The molecule has 0 fully saturated rings. The van der Waals surface area contributed by atoms with Gasteiger partial charge in [-0.3, -0.25) is 0 Å². The topological polar surface area (TPSA) is 57.0 Å². The molecule has 0 N–H and O–H groups in total. The maximum Gasteiger partial charge on any atom is 0.451 e. The van der Waals surface area contributed by atoms with E-state index in [4.69, 9.17) is 0 Å². The minimum Gasteiger partial charge on any atom is -0.460 e. The molecule has 1 aromatic rings. The number of hydrogen-bond acceptors (Lipinski definition) is 4. The first kappa shape index (κ1) is 11.5. The average molecular weight is 223 g/mol. The monoisotopic (exact) mass is 223 g/mol. The van der Waals surface area contributed by atoms with Gasteiger partial charge in [0.15, 0.2) is 0 Å². The van der Waals surface area contributed by atoms with Gasteiger partial charge < -0.3 is 4.74 Å². The van der Waals surface area contributed by atoms with E-state index in [0.717, 1.165) is 7.05 Å². The summed E-state index contributed by atoms with van der Waals surface area (Å²) in [7, 11) is 1.05. The Hall–Kier alpha value is -1.60. The van der Waals surface area contributed by atoms with Crippen molar-refractivity contribution in [3.63, 3.8) is 0 Å². The molecule has 8 heteroatoms. The highest BCUT2D eigenvalue weighted by atomic mass is 19.4. The second-order valence-electron chi connectivity index (χ2n) is 2.60. The van der Waals surface area contributed by atoms with Crippen LogP contribution in [0.5, 0.6) is 0 Å². The molecule has 5 nitrogen and oxygen atoms in total. The highest BCUT2D eigenvalue weighted by molar-refractivity contribution is 5.84. The van der Waals surface area contributed by atoms with E-state index in [9.17, 15) is 18.0 Å². The zero-order valence-corrected chi connectivity index (χ0v) is 8.00. The summed E-state index contributed by atoms with van der Waals surface area (Å²) in [6, 6.07) is 0. The Morgan fingerprint density at radius 2 is 2.13 bits per heavy atom. The molecule has 0 saturated heterocycles. The fourth-order valence-corrected chi connectivity index (χ4v) is 0.913. The van der Waals surface area contributed by atoms with Gasteiger partial charge in [0.2, 0.25) is 5.82 Å². The molecule has 0 spiro atoms. The van der Waals surface area contributed by atoms with E-state index in [1.807, 2.05) is 0 Å². The SMILES string of the molecule is CCOC(=O)c1nc(C(F)(F)F)n(C)n1.